The molecule has 3 aliphatic heterocycles. The van der Waals surface area contributed by atoms with E-state index in [1.165, 1.54) is 45.4 Å². The Morgan fingerprint density at radius 3 is 1.55 bits per heavy atom. The largest absolute Gasteiger partial charge is 0.298 e. The Morgan fingerprint density at radius 1 is 0.621 bits per heavy atom. The third kappa shape index (κ3) is 3.94. The quantitative estimate of drug-likeness (QED) is 0.632. The highest BCUT2D eigenvalue weighted by Gasteiger charge is 2.61. The Hall–Kier alpha value is -0.120. The van der Waals surface area contributed by atoms with E-state index >= 15 is 0 Å². The molecule has 0 amide bonds. The molecule has 2 bridgehead atoms. The van der Waals surface area contributed by atoms with Crippen LogP contribution >= 0.6 is 0 Å². The van der Waals surface area contributed by atoms with Crippen LogP contribution in [0.5, 0.6) is 0 Å². The zero-order valence-electron chi connectivity index (χ0n) is 21.2. The molecule has 4 rings (SSSR count). The van der Waals surface area contributed by atoms with Crippen molar-refractivity contribution in [1.82, 2.24) is 14.7 Å². The Balaban J connectivity index is 1.30. The van der Waals surface area contributed by atoms with Crippen LogP contribution in [0.2, 0.25) is 0 Å². The predicted molar refractivity (Wildman–Crippen MR) is 124 cm³/mol. The topological polar surface area (TPSA) is 9.72 Å². The minimum Gasteiger partial charge on any atom is -0.298 e. The van der Waals surface area contributed by atoms with Gasteiger partial charge in [0, 0.05) is 54.9 Å². The van der Waals surface area contributed by atoms with Crippen molar-refractivity contribution in [1.29, 1.82) is 0 Å². The summed E-state index contributed by atoms with van der Waals surface area (Å²) in [6.45, 7) is 29.8. The first-order valence-corrected chi connectivity index (χ1v) is 12.4. The van der Waals surface area contributed by atoms with Gasteiger partial charge < -0.3 is 0 Å². The third-order valence-electron chi connectivity index (χ3n) is 9.28. The van der Waals surface area contributed by atoms with Crippen LogP contribution < -0.4 is 0 Å². The van der Waals surface area contributed by atoms with E-state index in [9.17, 15) is 0 Å². The molecular formula is C26H49N3. The Labute approximate surface area is 181 Å². The van der Waals surface area contributed by atoms with E-state index in [0.717, 1.165) is 29.8 Å². The maximum Gasteiger partial charge on any atom is 0.0244 e. The molecule has 0 N–H and O–H groups in total. The molecule has 168 valence electrons. The molecule has 4 fully saturated rings. The van der Waals surface area contributed by atoms with E-state index in [4.69, 9.17) is 0 Å². The number of rotatable bonds is 5. The summed E-state index contributed by atoms with van der Waals surface area (Å²) in [4.78, 5) is 8.46. The van der Waals surface area contributed by atoms with Crippen molar-refractivity contribution >= 4 is 0 Å². The minimum atomic E-state index is 0.317. The van der Waals surface area contributed by atoms with E-state index in [-0.39, 0.29) is 0 Å². The molecule has 3 heteroatoms. The molecule has 4 aliphatic rings. The van der Waals surface area contributed by atoms with Crippen molar-refractivity contribution in [2.45, 2.75) is 117 Å². The summed E-state index contributed by atoms with van der Waals surface area (Å²) < 4.78 is 0. The molecule has 0 aromatic rings. The van der Waals surface area contributed by atoms with Crippen LogP contribution in [-0.2, 0) is 0 Å². The highest BCUT2D eigenvalue weighted by molar-refractivity contribution is 5.12. The fraction of sp³-hybridized carbons (Fsp3) is 1.00. The van der Waals surface area contributed by atoms with E-state index in [1.807, 2.05) is 0 Å². The van der Waals surface area contributed by atoms with Crippen molar-refractivity contribution in [3.05, 3.63) is 0 Å². The number of fused-ring (bicyclic) bond motifs is 3. The number of piperazine rings is 1. The lowest BCUT2D eigenvalue weighted by Gasteiger charge is -2.48. The molecule has 3 nitrogen and oxygen atoms in total. The fourth-order valence-corrected chi connectivity index (χ4v) is 7.45. The van der Waals surface area contributed by atoms with Gasteiger partial charge in [-0.1, -0.05) is 20.8 Å². The van der Waals surface area contributed by atoms with Crippen LogP contribution in [0.4, 0.5) is 0 Å². The van der Waals surface area contributed by atoms with Gasteiger partial charge in [0.2, 0.25) is 0 Å². The van der Waals surface area contributed by atoms with Crippen molar-refractivity contribution < 1.29 is 0 Å². The van der Waals surface area contributed by atoms with Gasteiger partial charge in [0.1, 0.15) is 0 Å². The van der Waals surface area contributed by atoms with E-state index in [0.29, 0.717) is 22.0 Å². The number of piperidine rings is 1. The van der Waals surface area contributed by atoms with Gasteiger partial charge in [0.05, 0.1) is 0 Å². The molecule has 0 radical (unpaired) electrons. The first-order valence-electron chi connectivity index (χ1n) is 12.4. The summed E-state index contributed by atoms with van der Waals surface area (Å²) in [5, 5.41) is 0. The van der Waals surface area contributed by atoms with Crippen LogP contribution in [0.25, 0.3) is 0 Å². The molecule has 3 saturated heterocycles. The van der Waals surface area contributed by atoms with Gasteiger partial charge in [-0.25, -0.2) is 0 Å². The Morgan fingerprint density at radius 2 is 1.10 bits per heavy atom. The lowest BCUT2D eigenvalue weighted by Crippen LogP contribution is -2.58. The Bertz CT molecular complexity index is 611. The van der Waals surface area contributed by atoms with Gasteiger partial charge in [-0.2, -0.15) is 0 Å². The standard InChI is InChI=1S/C26H49N3/c1-23(2,3)22-20-16-27(17-21(20)22)25(7,8)11-12-26(9,10)29-15-18-13-19(29)14-28(18)24(4,5)6/h18-22H,11-17H2,1-10H3. The van der Waals surface area contributed by atoms with E-state index in [2.05, 4.69) is 83.9 Å². The lowest BCUT2D eigenvalue weighted by atomic mass is 9.84. The summed E-state index contributed by atoms with van der Waals surface area (Å²) in [6, 6.07) is 1.54. The molecule has 4 unspecified atom stereocenters. The molecule has 0 spiro atoms. The smallest absolute Gasteiger partial charge is 0.0244 e. The second-order valence-electron chi connectivity index (χ2n) is 14.3. The highest BCUT2D eigenvalue weighted by Crippen LogP contribution is 2.60. The van der Waals surface area contributed by atoms with Gasteiger partial charge >= 0.3 is 0 Å². The molecule has 4 atom stereocenters. The average Bonchev–Trinajstić information content (AvgIpc) is 2.99. The van der Waals surface area contributed by atoms with Gasteiger partial charge in [-0.05, 0) is 90.9 Å². The van der Waals surface area contributed by atoms with Gasteiger partial charge in [-0.15, -0.1) is 0 Å². The highest BCUT2D eigenvalue weighted by atomic mass is 15.4. The number of hydrogen-bond donors (Lipinski definition) is 0. The second kappa shape index (κ2) is 6.69. The van der Waals surface area contributed by atoms with Gasteiger partial charge in [0.15, 0.2) is 0 Å². The fourth-order valence-electron chi connectivity index (χ4n) is 7.45. The maximum atomic E-state index is 2.87. The van der Waals surface area contributed by atoms with Gasteiger partial charge in [0.25, 0.3) is 0 Å². The first kappa shape index (κ1) is 22.1. The minimum absolute atomic E-state index is 0.317. The maximum absolute atomic E-state index is 2.87. The average molecular weight is 404 g/mol. The summed E-state index contributed by atoms with van der Waals surface area (Å²) in [6.07, 6.45) is 4.01. The zero-order valence-corrected chi connectivity index (χ0v) is 21.2. The molecule has 29 heavy (non-hydrogen) atoms. The summed E-state index contributed by atoms with van der Waals surface area (Å²) in [7, 11) is 0. The van der Waals surface area contributed by atoms with Gasteiger partial charge in [-0.3, -0.25) is 14.7 Å². The summed E-state index contributed by atoms with van der Waals surface area (Å²) >= 11 is 0. The van der Waals surface area contributed by atoms with Crippen molar-refractivity contribution in [2.24, 2.45) is 23.2 Å². The van der Waals surface area contributed by atoms with Crippen LogP contribution in [0.3, 0.4) is 0 Å². The van der Waals surface area contributed by atoms with Crippen LogP contribution in [-0.4, -0.2) is 69.6 Å². The lowest BCUT2D eigenvalue weighted by molar-refractivity contribution is 0.000321. The molecule has 0 aromatic heterocycles. The second-order valence-corrected chi connectivity index (χ2v) is 14.3. The predicted octanol–water partition coefficient (Wildman–Crippen LogP) is 5.10. The molecule has 1 saturated carbocycles. The molecule has 1 aliphatic carbocycles. The normalized spacial score (nSPS) is 36.8. The third-order valence-corrected chi connectivity index (χ3v) is 9.28. The zero-order chi connectivity index (χ0) is 21.6. The number of likely N-dealkylation sites (tertiary alicyclic amines) is 3. The molecule has 3 heterocycles. The van der Waals surface area contributed by atoms with Crippen LogP contribution in [0.15, 0.2) is 0 Å². The summed E-state index contributed by atoms with van der Waals surface area (Å²) in [5.74, 6) is 2.91. The van der Waals surface area contributed by atoms with Crippen molar-refractivity contribution in [2.75, 3.05) is 26.2 Å². The molecular weight excluding hydrogens is 354 g/mol. The van der Waals surface area contributed by atoms with Crippen LogP contribution in [0.1, 0.15) is 88.5 Å². The number of hydrogen-bond acceptors (Lipinski definition) is 3. The van der Waals surface area contributed by atoms with E-state index < -0.39 is 0 Å². The van der Waals surface area contributed by atoms with Crippen molar-refractivity contribution in [3.8, 4) is 0 Å². The first-order chi connectivity index (χ1) is 13.1. The number of nitrogens with zero attached hydrogens (tertiary/aromatic N) is 3. The van der Waals surface area contributed by atoms with Crippen LogP contribution in [0, 0.1) is 23.2 Å². The monoisotopic (exact) mass is 403 g/mol. The molecule has 0 aromatic carbocycles. The van der Waals surface area contributed by atoms with E-state index in [1.54, 1.807) is 0 Å². The SMILES string of the molecule is CC(C)(C)C1C2CN(C(C)(C)CCC(C)(C)N3CC4CC3CN4C(C)(C)C)CC21. The Kier molecular flexibility index (Phi) is 5.09. The summed E-state index contributed by atoms with van der Waals surface area (Å²) in [5.41, 5.74) is 1.48. The van der Waals surface area contributed by atoms with Crippen molar-refractivity contribution in [3.63, 3.8) is 0 Å².